The number of sulfone groups is 1. The molecule has 0 unspecified atom stereocenters. The summed E-state index contributed by atoms with van der Waals surface area (Å²) in [7, 11) is -2.80. The van der Waals surface area contributed by atoms with Crippen molar-refractivity contribution in [2.24, 2.45) is 10.9 Å². The zero-order valence-electron chi connectivity index (χ0n) is 15.4. The minimum atomic E-state index is -2.80. The Bertz CT molecular complexity index is 452. The van der Waals surface area contributed by atoms with E-state index in [-0.39, 0.29) is 11.5 Å². The average molecular weight is 363 g/mol. The van der Waals surface area contributed by atoms with Crippen LogP contribution in [-0.4, -0.2) is 83.3 Å². The quantitative estimate of drug-likeness (QED) is 0.331. The van der Waals surface area contributed by atoms with Crippen molar-refractivity contribution >= 4 is 15.8 Å². The molecule has 0 aliphatic carbocycles. The van der Waals surface area contributed by atoms with Gasteiger partial charge in [0.1, 0.15) is 0 Å². The highest BCUT2D eigenvalue weighted by Crippen LogP contribution is 2.02. The number of hydrogen-bond donors (Lipinski definition) is 2. The van der Waals surface area contributed by atoms with E-state index in [2.05, 4.69) is 34.4 Å². The van der Waals surface area contributed by atoms with Crippen molar-refractivity contribution in [2.45, 2.75) is 27.2 Å². The van der Waals surface area contributed by atoms with Crippen molar-refractivity contribution in [1.82, 2.24) is 15.5 Å². The SMILES string of the molecule is CCNC(=NCCCOCC(C)C)NCCN1CCS(=O)(=O)CC1. The number of hydrogen-bond acceptors (Lipinski definition) is 5. The monoisotopic (exact) mass is 362 g/mol. The second-order valence-corrected chi connectivity index (χ2v) is 8.81. The Kier molecular flexibility index (Phi) is 10.3. The molecule has 8 heteroatoms. The van der Waals surface area contributed by atoms with Crippen molar-refractivity contribution in [3.63, 3.8) is 0 Å². The normalized spacial score (nSPS) is 18.8. The second-order valence-electron chi connectivity index (χ2n) is 6.50. The summed E-state index contributed by atoms with van der Waals surface area (Å²) in [5.41, 5.74) is 0. The largest absolute Gasteiger partial charge is 0.381 e. The van der Waals surface area contributed by atoms with Crippen LogP contribution in [0.3, 0.4) is 0 Å². The summed E-state index contributed by atoms with van der Waals surface area (Å²) in [6.45, 7) is 12.3. The van der Waals surface area contributed by atoms with Gasteiger partial charge in [-0.2, -0.15) is 0 Å². The van der Waals surface area contributed by atoms with Crippen LogP contribution >= 0.6 is 0 Å². The Balaban J connectivity index is 2.19. The van der Waals surface area contributed by atoms with Crippen LogP contribution in [0.25, 0.3) is 0 Å². The molecule has 1 fully saturated rings. The summed E-state index contributed by atoms with van der Waals surface area (Å²) < 4.78 is 28.4. The fourth-order valence-electron chi connectivity index (χ4n) is 2.32. The maximum atomic E-state index is 11.4. The zero-order chi connectivity index (χ0) is 17.8. The van der Waals surface area contributed by atoms with E-state index in [1.54, 1.807) is 0 Å². The molecule has 0 aromatic carbocycles. The topological polar surface area (TPSA) is 83.0 Å². The van der Waals surface area contributed by atoms with Crippen LogP contribution in [0.2, 0.25) is 0 Å². The number of nitrogens with one attached hydrogen (secondary N) is 2. The molecule has 0 aromatic heterocycles. The van der Waals surface area contributed by atoms with E-state index in [1.165, 1.54) is 0 Å². The molecule has 0 bridgehead atoms. The minimum absolute atomic E-state index is 0.275. The maximum Gasteiger partial charge on any atom is 0.191 e. The molecule has 1 saturated heterocycles. The molecule has 2 N–H and O–H groups in total. The fraction of sp³-hybridized carbons (Fsp3) is 0.938. The van der Waals surface area contributed by atoms with Crippen LogP contribution in [-0.2, 0) is 14.6 Å². The lowest BCUT2D eigenvalue weighted by Crippen LogP contribution is -2.46. The van der Waals surface area contributed by atoms with Crippen molar-refractivity contribution < 1.29 is 13.2 Å². The van der Waals surface area contributed by atoms with Gasteiger partial charge in [-0.05, 0) is 19.3 Å². The number of guanidine groups is 1. The van der Waals surface area contributed by atoms with Gasteiger partial charge in [-0.3, -0.25) is 9.89 Å². The summed E-state index contributed by atoms with van der Waals surface area (Å²) in [5.74, 6) is 1.93. The van der Waals surface area contributed by atoms with Crippen molar-refractivity contribution in [1.29, 1.82) is 0 Å². The maximum absolute atomic E-state index is 11.4. The predicted molar refractivity (Wildman–Crippen MR) is 99.3 cm³/mol. The number of ether oxygens (including phenoxy) is 1. The van der Waals surface area contributed by atoms with Gasteiger partial charge in [0.25, 0.3) is 0 Å². The predicted octanol–water partition coefficient (Wildman–Crippen LogP) is 0.335. The summed E-state index contributed by atoms with van der Waals surface area (Å²) in [4.78, 5) is 6.71. The molecule has 0 spiro atoms. The Morgan fingerprint density at radius 3 is 2.58 bits per heavy atom. The van der Waals surface area contributed by atoms with Gasteiger partial charge in [-0.25, -0.2) is 8.42 Å². The molecule has 7 nitrogen and oxygen atoms in total. The molecule has 0 aromatic rings. The van der Waals surface area contributed by atoms with Crippen LogP contribution in [0.4, 0.5) is 0 Å². The molecule has 0 amide bonds. The summed E-state index contributed by atoms with van der Waals surface area (Å²) >= 11 is 0. The Morgan fingerprint density at radius 2 is 1.96 bits per heavy atom. The van der Waals surface area contributed by atoms with Crippen LogP contribution in [0.5, 0.6) is 0 Å². The highest BCUT2D eigenvalue weighted by molar-refractivity contribution is 7.91. The van der Waals surface area contributed by atoms with E-state index in [0.717, 1.165) is 51.8 Å². The number of rotatable bonds is 10. The molecule has 1 aliphatic rings. The van der Waals surface area contributed by atoms with Gasteiger partial charge in [-0.1, -0.05) is 13.8 Å². The number of aliphatic imine (C=N–C) groups is 1. The summed E-state index contributed by atoms with van der Waals surface area (Å²) in [6.07, 6.45) is 0.910. The Hall–Kier alpha value is -0.860. The third kappa shape index (κ3) is 10.1. The van der Waals surface area contributed by atoms with Crippen LogP contribution in [0.15, 0.2) is 4.99 Å². The van der Waals surface area contributed by atoms with Gasteiger partial charge >= 0.3 is 0 Å². The average Bonchev–Trinajstić information content (AvgIpc) is 2.52. The van der Waals surface area contributed by atoms with Crippen molar-refractivity contribution in [3.05, 3.63) is 0 Å². The first kappa shape index (κ1) is 21.2. The Labute approximate surface area is 147 Å². The van der Waals surface area contributed by atoms with E-state index in [9.17, 15) is 8.42 Å². The Morgan fingerprint density at radius 1 is 1.25 bits per heavy atom. The fourth-order valence-corrected chi connectivity index (χ4v) is 3.60. The van der Waals surface area contributed by atoms with Crippen LogP contribution in [0, 0.1) is 5.92 Å². The van der Waals surface area contributed by atoms with Gasteiger partial charge in [0.2, 0.25) is 0 Å². The molecule has 1 heterocycles. The first-order valence-corrected chi connectivity index (χ1v) is 10.8. The second kappa shape index (κ2) is 11.7. The smallest absolute Gasteiger partial charge is 0.191 e. The molecule has 0 saturated carbocycles. The summed E-state index contributed by atoms with van der Waals surface area (Å²) in [5, 5.41) is 6.53. The van der Waals surface area contributed by atoms with Gasteiger partial charge in [0.05, 0.1) is 11.5 Å². The zero-order valence-corrected chi connectivity index (χ0v) is 16.2. The van der Waals surface area contributed by atoms with Crippen LogP contribution < -0.4 is 10.6 Å². The molecule has 1 aliphatic heterocycles. The first-order valence-electron chi connectivity index (χ1n) is 8.95. The van der Waals surface area contributed by atoms with E-state index in [4.69, 9.17) is 4.74 Å². The van der Waals surface area contributed by atoms with E-state index in [1.807, 2.05) is 6.92 Å². The molecular formula is C16H34N4O3S. The molecular weight excluding hydrogens is 328 g/mol. The van der Waals surface area contributed by atoms with Gasteiger partial charge in [0.15, 0.2) is 15.8 Å². The van der Waals surface area contributed by atoms with Crippen molar-refractivity contribution in [2.75, 3.05) is 64.0 Å². The summed E-state index contributed by atoms with van der Waals surface area (Å²) in [6, 6.07) is 0. The standard InChI is InChI=1S/C16H34N4O3S/c1-4-17-16(18-6-5-11-23-14-15(2)3)19-7-8-20-9-12-24(21,22)13-10-20/h15H,4-14H2,1-3H3,(H2,17,18,19). The number of nitrogens with zero attached hydrogens (tertiary/aromatic N) is 2. The molecule has 24 heavy (non-hydrogen) atoms. The highest BCUT2D eigenvalue weighted by Gasteiger charge is 2.20. The third-order valence-corrected chi connectivity index (χ3v) is 5.28. The minimum Gasteiger partial charge on any atom is -0.381 e. The lowest BCUT2D eigenvalue weighted by molar-refractivity contribution is 0.109. The lowest BCUT2D eigenvalue weighted by atomic mass is 10.2. The third-order valence-electron chi connectivity index (χ3n) is 3.67. The van der Waals surface area contributed by atoms with Gasteiger partial charge in [-0.15, -0.1) is 0 Å². The van der Waals surface area contributed by atoms with E-state index in [0.29, 0.717) is 19.0 Å². The first-order chi connectivity index (χ1) is 11.4. The van der Waals surface area contributed by atoms with Gasteiger partial charge in [0, 0.05) is 52.5 Å². The van der Waals surface area contributed by atoms with Gasteiger partial charge < -0.3 is 15.4 Å². The van der Waals surface area contributed by atoms with E-state index >= 15 is 0 Å². The molecule has 0 radical (unpaired) electrons. The van der Waals surface area contributed by atoms with Crippen LogP contribution in [0.1, 0.15) is 27.2 Å². The van der Waals surface area contributed by atoms with E-state index < -0.39 is 9.84 Å². The highest BCUT2D eigenvalue weighted by atomic mass is 32.2. The lowest BCUT2D eigenvalue weighted by Gasteiger charge is -2.26. The molecule has 142 valence electrons. The van der Waals surface area contributed by atoms with Crippen molar-refractivity contribution in [3.8, 4) is 0 Å². The molecule has 1 rings (SSSR count). The molecule has 0 atom stereocenters.